The van der Waals surface area contributed by atoms with E-state index in [1.165, 1.54) is 26.8 Å². The number of carbonyl (C=O) groups excluding carboxylic acids is 4. The molecule has 6 rings (SSSR count). The summed E-state index contributed by atoms with van der Waals surface area (Å²) in [7, 11) is 1.03. The smallest absolute Gasteiger partial charge is 0.348 e. The highest BCUT2D eigenvalue weighted by Gasteiger charge is 2.85. The number of aliphatic hydroxyl groups excluding tert-OH is 6. The minimum Gasteiger partial charge on any atom is -0.467 e. The molecule has 1 spiro atoms. The van der Waals surface area contributed by atoms with Crippen molar-refractivity contribution in [3.8, 4) is 0 Å². The molecular weight excluding hydrogens is 680 g/mol. The molecule has 0 aromatic carbocycles. The standard InChI is InChI=1S/C34H46O17/c1-12(31(3,4)45)7-18(36)51-24-26-33-11-47-34(26,30(44)46-6)27(42)23(41)25(33)32(5)9-15(19(37)13(2)14(32)8-17(33)50-28(24)43)48-29-22(40)21(39)20(38)16(10-35)49-29/h7,9,13-14,16-17,20-27,29,35,38-42,45H,8,10-11H2,1-6H3/b12-7+/t13-,14-,16+,17+,20+,21-,22+,23+,24+,25+,26+,27?,29+,32-,33+,34?/m0/s1. The topological polar surface area (TPSA) is 265 Å². The number of esters is 3. The minimum absolute atomic E-state index is 0.00772. The van der Waals surface area contributed by atoms with Crippen molar-refractivity contribution < 1.29 is 83.3 Å². The van der Waals surface area contributed by atoms with Gasteiger partial charge >= 0.3 is 17.9 Å². The Morgan fingerprint density at radius 1 is 1.06 bits per heavy atom. The molecule has 0 aromatic heterocycles. The Bertz CT molecular complexity index is 1530. The van der Waals surface area contributed by atoms with Crippen LogP contribution in [-0.4, -0.2) is 146 Å². The molecule has 51 heavy (non-hydrogen) atoms. The van der Waals surface area contributed by atoms with Gasteiger partial charge in [0.2, 0.25) is 18.0 Å². The summed E-state index contributed by atoms with van der Waals surface area (Å²) in [6.07, 6.45) is -12.8. The summed E-state index contributed by atoms with van der Waals surface area (Å²) < 4.78 is 34.2. The second kappa shape index (κ2) is 12.6. The van der Waals surface area contributed by atoms with Gasteiger partial charge in [-0.3, -0.25) is 4.79 Å². The Balaban J connectivity index is 1.47. The first-order valence-corrected chi connectivity index (χ1v) is 16.9. The van der Waals surface area contributed by atoms with Crippen LogP contribution in [0.15, 0.2) is 23.5 Å². The van der Waals surface area contributed by atoms with E-state index in [0.717, 1.165) is 13.2 Å². The number of Topliss-reactive ketones (excluding diaryl/α,β-unsaturated/α-hetero) is 1. The Labute approximate surface area is 292 Å². The first-order valence-electron chi connectivity index (χ1n) is 16.9. The van der Waals surface area contributed by atoms with Gasteiger partial charge in [0.25, 0.3) is 0 Å². The normalized spacial score (nSPS) is 47.7. The third kappa shape index (κ3) is 5.22. The van der Waals surface area contributed by atoms with Crippen molar-refractivity contribution in [2.45, 2.75) is 107 Å². The molecule has 284 valence electrons. The lowest BCUT2D eigenvalue weighted by atomic mass is 9.38. The highest BCUT2D eigenvalue weighted by molar-refractivity contribution is 5.97. The number of carbonyl (C=O) groups is 4. The van der Waals surface area contributed by atoms with Crippen LogP contribution >= 0.6 is 0 Å². The van der Waals surface area contributed by atoms with E-state index in [0.29, 0.717) is 0 Å². The van der Waals surface area contributed by atoms with Crippen molar-refractivity contribution >= 4 is 23.7 Å². The summed E-state index contributed by atoms with van der Waals surface area (Å²) >= 11 is 0. The number of allylic oxidation sites excluding steroid dienone is 2. The molecule has 16 atom stereocenters. The van der Waals surface area contributed by atoms with Gasteiger partial charge in [0.05, 0.1) is 37.9 Å². The van der Waals surface area contributed by atoms with Crippen LogP contribution in [0.5, 0.6) is 0 Å². The first kappa shape index (κ1) is 37.7. The highest BCUT2D eigenvalue weighted by atomic mass is 16.7. The number of ether oxygens (including phenoxy) is 6. The molecule has 2 bridgehead atoms. The second-order valence-corrected chi connectivity index (χ2v) is 15.4. The van der Waals surface area contributed by atoms with Crippen molar-refractivity contribution in [1.82, 2.24) is 0 Å². The molecule has 2 unspecified atom stereocenters. The molecule has 6 aliphatic rings. The van der Waals surface area contributed by atoms with Crippen molar-refractivity contribution in [2.24, 2.45) is 34.5 Å². The van der Waals surface area contributed by atoms with Crippen molar-refractivity contribution in [1.29, 1.82) is 0 Å². The van der Waals surface area contributed by atoms with Gasteiger partial charge in [0, 0.05) is 23.3 Å². The molecule has 3 saturated heterocycles. The van der Waals surface area contributed by atoms with Gasteiger partial charge < -0.3 is 64.2 Å². The van der Waals surface area contributed by atoms with Gasteiger partial charge in [0.1, 0.15) is 36.6 Å². The monoisotopic (exact) mass is 726 g/mol. The molecule has 0 radical (unpaired) electrons. The minimum atomic E-state index is -2.40. The number of hydrogen-bond acceptors (Lipinski definition) is 17. The molecule has 17 heteroatoms. The zero-order valence-corrected chi connectivity index (χ0v) is 29.0. The van der Waals surface area contributed by atoms with E-state index < -0.39 is 131 Å². The van der Waals surface area contributed by atoms with E-state index in [2.05, 4.69) is 0 Å². The van der Waals surface area contributed by atoms with Crippen LogP contribution in [0.1, 0.15) is 41.0 Å². The molecule has 3 aliphatic carbocycles. The van der Waals surface area contributed by atoms with Crippen molar-refractivity contribution in [3.63, 3.8) is 0 Å². The molecule has 0 aromatic rings. The lowest BCUT2D eigenvalue weighted by molar-refractivity contribution is -0.296. The van der Waals surface area contributed by atoms with Gasteiger partial charge in [-0.2, -0.15) is 0 Å². The fraction of sp³-hybridized carbons (Fsp3) is 0.765. The van der Waals surface area contributed by atoms with Gasteiger partial charge in [-0.05, 0) is 50.2 Å². The number of aliphatic hydroxyl groups is 7. The molecular formula is C34H46O17. The number of rotatable bonds is 7. The fourth-order valence-electron chi connectivity index (χ4n) is 9.69. The quantitative estimate of drug-likeness (QED) is 0.0804. The SMILES string of the molecule is COC(=O)C12OC[C@]34[C@H]([C@@H](O)C1O)[C@@]1(C)C=C(O[C@@H]5O[C@H](CO)[C@@H](O)[C@H](O)[C@H]5O)C(=O)[C@@H](C)[C@@H]1C[C@H]3OC(=O)[C@H](OC(=O)/C=C(\C)C(C)(C)O)[C@@H]24. The van der Waals surface area contributed by atoms with Crippen molar-refractivity contribution in [2.75, 3.05) is 20.3 Å². The molecule has 2 saturated carbocycles. The lowest BCUT2D eigenvalue weighted by Crippen LogP contribution is -2.79. The van der Waals surface area contributed by atoms with Gasteiger partial charge in [0.15, 0.2) is 11.5 Å². The van der Waals surface area contributed by atoms with Crippen LogP contribution in [0.25, 0.3) is 0 Å². The van der Waals surface area contributed by atoms with Crippen LogP contribution in [0, 0.1) is 34.5 Å². The van der Waals surface area contributed by atoms with E-state index >= 15 is 0 Å². The van der Waals surface area contributed by atoms with Crippen LogP contribution in [0.4, 0.5) is 0 Å². The number of methoxy groups -OCH3 is 1. The number of ketones is 1. The van der Waals surface area contributed by atoms with Crippen LogP contribution in [-0.2, 0) is 47.6 Å². The van der Waals surface area contributed by atoms with E-state index in [1.54, 1.807) is 13.8 Å². The summed E-state index contributed by atoms with van der Waals surface area (Å²) in [5, 5.41) is 75.2. The largest absolute Gasteiger partial charge is 0.467 e. The maximum Gasteiger partial charge on any atom is 0.348 e. The van der Waals surface area contributed by atoms with E-state index in [4.69, 9.17) is 28.4 Å². The van der Waals surface area contributed by atoms with Crippen LogP contribution < -0.4 is 0 Å². The molecule has 0 amide bonds. The maximum absolute atomic E-state index is 13.8. The number of hydrogen-bond donors (Lipinski definition) is 7. The predicted molar refractivity (Wildman–Crippen MR) is 165 cm³/mol. The van der Waals surface area contributed by atoms with Crippen LogP contribution in [0.3, 0.4) is 0 Å². The molecule has 3 aliphatic heterocycles. The number of fused-ring (bicyclic) bond motifs is 2. The maximum atomic E-state index is 13.8. The zero-order valence-electron chi connectivity index (χ0n) is 29.0. The van der Waals surface area contributed by atoms with Gasteiger partial charge in [-0.15, -0.1) is 0 Å². The summed E-state index contributed by atoms with van der Waals surface area (Å²) in [5.41, 5.74) is -6.49. The fourth-order valence-corrected chi connectivity index (χ4v) is 9.69. The van der Waals surface area contributed by atoms with Gasteiger partial charge in [-0.25, -0.2) is 14.4 Å². The third-order valence-corrected chi connectivity index (χ3v) is 12.5. The Morgan fingerprint density at radius 3 is 2.33 bits per heavy atom. The highest BCUT2D eigenvalue weighted by Crippen LogP contribution is 2.72. The molecule has 17 nitrogen and oxygen atoms in total. The predicted octanol–water partition coefficient (Wildman–Crippen LogP) is -2.62. The van der Waals surface area contributed by atoms with E-state index in [9.17, 15) is 54.9 Å². The summed E-state index contributed by atoms with van der Waals surface area (Å²) in [5.74, 6) is -8.35. The summed E-state index contributed by atoms with van der Waals surface area (Å²) in [6, 6.07) is 0. The summed E-state index contributed by atoms with van der Waals surface area (Å²) in [6.45, 7) is 6.50. The lowest BCUT2D eigenvalue weighted by Gasteiger charge is -2.67. The zero-order chi connectivity index (χ0) is 37.7. The Hall–Kier alpha value is -3.00. The molecule has 5 fully saturated rings. The Morgan fingerprint density at radius 2 is 1.73 bits per heavy atom. The van der Waals surface area contributed by atoms with Crippen LogP contribution in [0.2, 0.25) is 0 Å². The summed E-state index contributed by atoms with van der Waals surface area (Å²) in [4.78, 5) is 54.5. The first-order chi connectivity index (χ1) is 23.7. The van der Waals surface area contributed by atoms with E-state index in [1.807, 2.05) is 0 Å². The second-order valence-electron chi connectivity index (χ2n) is 15.4. The average molecular weight is 727 g/mol. The van der Waals surface area contributed by atoms with Crippen molar-refractivity contribution in [3.05, 3.63) is 23.5 Å². The Kier molecular flexibility index (Phi) is 9.29. The van der Waals surface area contributed by atoms with E-state index in [-0.39, 0.29) is 24.4 Å². The third-order valence-electron chi connectivity index (χ3n) is 12.5. The molecule has 3 heterocycles. The average Bonchev–Trinajstić information content (AvgIpc) is 3.37. The molecule has 7 N–H and O–H groups in total. The van der Waals surface area contributed by atoms with Gasteiger partial charge in [-0.1, -0.05) is 13.8 Å².